The average Bonchev–Trinajstić information content (AvgIpc) is 1.88. The molecule has 1 unspecified atom stereocenters. The van der Waals surface area contributed by atoms with E-state index in [9.17, 15) is 4.79 Å². The quantitative estimate of drug-likeness (QED) is 0.579. The van der Waals surface area contributed by atoms with E-state index in [1.54, 1.807) is 6.92 Å². The van der Waals surface area contributed by atoms with E-state index in [1.807, 2.05) is 0 Å². The lowest BCUT2D eigenvalue weighted by Crippen LogP contribution is -2.48. The van der Waals surface area contributed by atoms with Gasteiger partial charge in [0.05, 0.1) is 18.6 Å². The molecule has 0 aliphatic heterocycles. The van der Waals surface area contributed by atoms with Crippen molar-refractivity contribution in [1.29, 1.82) is 0 Å². The lowest BCUT2D eigenvalue weighted by molar-refractivity contribution is -0.124. The summed E-state index contributed by atoms with van der Waals surface area (Å²) in [5.41, 5.74) is 4.64. The molecule has 0 fully saturated rings. The maximum absolute atomic E-state index is 11.1. The number of carbonyl (C=O) groups is 1. The molecular formula is C8H13NO2. The third-order valence-electron chi connectivity index (χ3n) is 1.34. The van der Waals surface area contributed by atoms with Crippen LogP contribution in [0.2, 0.25) is 0 Å². The summed E-state index contributed by atoms with van der Waals surface area (Å²) < 4.78 is 4.76. The summed E-state index contributed by atoms with van der Waals surface area (Å²) in [5.74, 6) is 2.08. The first-order valence-electron chi connectivity index (χ1n) is 3.29. The number of hydrogen-bond donors (Lipinski definition) is 1. The molecule has 0 aromatic rings. The molecule has 0 aromatic heterocycles. The van der Waals surface area contributed by atoms with Crippen molar-refractivity contribution in [2.75, 3.05) is 13.7 Å². The molecule has 0 heterocycles. The van der Waals surface area contributed by atoms with Crippen LogP contribution in [0.1, 0.15) is 13.3 Å². The SMILES string of the molecule is C#CCC(=O)C(C)(N)COC. The molecule has 0 saturated carbocycles. The molecule has 1 atom stereocenters. The summed E-state index contributed by atoms with van der Waals surface area (Å²) in [4.78, 5) is 11.1. The molecule has 0 bridgehead atoms. The third kappa shape index (κ3) is 3.17. The van der Waals surface area contributed by atoms with Crippen molar-refractivity contribution in [2.45, 2.75) is 18.9 Å². The fourth-order valence-corrected chi connectivity index (χ4v) is 0.675. The van der Waals surface area contributed by atoms with Crippen molar-refractivity contribution in [3.8, 4) is 12.3 Å². The van der Waals surface area contributed by atoms with Gasteiger partial charge in [-0.25, -0.2) is 0 Å². The fourth-order valence-electron chi connectivity index (χ4n) is 0.675. The van der Waals surface area contributed by atoms with E-state index in [1.165, 1.54) is 7.11 Å². The Kier molecular flexibility index (Phi) is 3.80. The van der Waals surface area contributed by atoms with Crippen LogP contribution >= 0.6 is 0 Å². The lowest BCUT2D eigenvalue weighted by atomic mass is 9.97. The van der Waals surface area contributed by atoms with Crippen molar-refractivity contribution in [2.24, 2.45) is 5.73 Å². The Morgan fingerprint density at radius 2 is 2.36 bits per heavy atom. The van der Waals surface area contributed by atoms with Crippen molar-refractivity contribution in [3.05, 3.63) is 0 Å². The summed E-state index contributed by atoms with van der Waals surface area (Å²) >= 11 is 0. The standard InChI is InChI=1S/C8H13NO2/c1-4-5-7(10)8(2,9)6-11-3/h1H,5-6,9H2,2-3H3. The monoisotopic (exact) mass is 155 g/mol. The van der Waals surface area contributed by atoms with Crippen LogP contribution in [0.5, 0.6) is 0 Å². The van der Waals surface area contributed by atoms with E-state index in [0.29, 0.717) is 0 Å². The van der Waals surface area contributed by atoms with Crippen molar-refractivity contribution >= 4 is 5.78 Å². The van der Waals surface area contributed by atoms with Crippen molar-refractivity contribution < 1.29 is 9.53 Å². The number of carbonyl (C=O) groups excluding carboxylic acids is 1. The molecule has 2 N–H and O–H groups in total. The highest BCUT2D eigenvalue weighted by Gasteiger charge is 2.26. The Balaban J connectivity index is 4.08. The van der Waals surface area contributed by atoms with Gasteiger partial charge in [0.15, 0.2) is 5.78 Å². The predicted octanol–water partition coefficient (Wildman–Crippen LogP) is -0.0574. The molecular weight excluding hydrogens is 142 g/mol. The number of methoxy groups -OCH3 is 1. The second-order valence-corrected chi connectivity index (χ2v) is 2.65. The normalized spacial score (nSPS) is 15.1. The van der Waals surface area contributed by atoms with Gasteiger partial charge in [0.2, 0.25) is 0 Å². The first kappa shape index (κ1) is 10.2. The molecule has 0 aliphatic rings. The molecule has 0 rings (SSSR count). The Morgan fingerprint density at radius 3 is 2.73 bits per heavy atom. The number of ketones is 1. The first-order chi connectivity index (χ1) is 5.04. The van der Waals surface area contributed by atoms with Crippen molar-refractivity contribution in [1.82, 2.24) is 0 Å². The molecule has 62 valence electrons. The fraction of sp³-hybridized carbons (Fsp3) is 0.625. The molecule has 0 aromatic carbocycles. The minimum absolute atomic E-state index is 0.0658. The molecule has 11 heavy (non-hydrogen) atoms. The number of hydrogen-bond acceptors (Lipinski definition) is 3. The minimum Gasteiger partial charge on any atom is -0.382 e. The van der Waals surface area contributed by atoms with Gasteiger partial charge in [-0.1, -0.05) is 5.92 Å². The summed E-state index contributed by atoms with van der Waals surface area (Å²) in [6, 6.07) is 0. The Bertz CT molecular complexity index is 179. The smallest absolute Gasteiger partial charge is 0.166 e. The van der Waals surface area contributed by atoms with Gasteiger partial charge in [-0.15, -0.1) is 6.42 Å². The third-order valence-corrected chi connectivity index (χ3v) is 1.34. The summed E-state index contributed by atoms with van der Waals surface area (Å²) in [6.07, 6.45) is 5.02. The van der Waals surface area contributed by atoms with E-state index in [0.717, 1.165) is 0 Å². The van der Waals surface area contributed by atoms with Gasteiger partial charge in [0.1, 0.15) is 0 Å². The highest BCUT2D eigenvalue weighted by Crippen LogP contribution is 2.03. The Hall–Kier alpha value is -0.850. The van der Waals surface area contributed by atoms with Gasteiger partial charge in [-0.2, -0.15) is 0 Å². The first-order valence-corrected chi connectivity index (χ1v) is 3.29. The molecule has 3 nitrogen and oxygen atoms in total. The van der Waals surface area contributed by atoms with Crippen LogP contribution in [0, 0.1) is 12.3 Å². The van der Waals surface area contributed by atoms with Crippen LogP contribution in [0.25, 0.3) is 0 Å². The van der Waals surface area contributed by atoms with Crippen molar-refractivity contribution in [3.63, 3.8) is 0 Å². The number of rotatable bonds is 4. The maximum Gasteiger partial charge on any atom is 0.166 e. The van der Waals surface area contributed by atoms with Gasteiger partial charge in [0, 0.05) is 7.11 Å². The van der Waals surface area contributed by atoms with Gasteiger partial charge in [-0.05, 0) is 6.92 Å². The maximum atomic E-state index is 11.1. The predicted molar refractivity (Wildman–Crippen MR) is 42.9 cm³/mol. The van der Waals surface area contributed by atoms with Gasteiger partial charge < -0.3 is 10.5 Å². The second-order valence-electron chi connectivity index (χ2n) is 2.65. The average molecular weight is 155 g/mol. The number of nitrogens with two attached hydrogens (primary N) is 1. The zero-order valence-corrected chi connectivity index (χ0v) is 6.89. The summed E-state index contributed by atoms with van der Waals surface area (Å²) in [6.45, 7) is 1.81. The zero-order valence-electron chi connectivity index (χ0n) is 6.89. The van der Waals surface area contributed by atoms with Crippen LogP contribution in [0.4, 0.5) is 0 Å². The molecule has 3 heteroatoms. The molecule has 0 saturated heterocycles. The van der Waals surface area contributed by atoms with Crippen LogP contribution in [-0.2, 0) is 9.53 Å². The lowest BCUT2D eigenvalue weighted by Gasteiger charge is -2.20. The van der Waals surface area contributed by atoms with Crippen LogP contribution < -0.4 is 5.73 Å². The van der Waals surface area contributed by atoms with Gasteiger partial charge in [-0.3, -0.25) is 4.79 Å². The number of terminal acetylenes is 1. The minimum atomic E-state index is -0.943. The molecule has 0 amide bonds. The van der Waals surface area contributed by atoms with E-state index in [2.05, 4.69) is 5.92 Å². The molecule has 0 radical (unpaired) electrons. The van der Waals surface area contributed by atoms with Gasteiger partial charge >= 0.3 is 0 Å². The number of ether oxygens (including phenoxy) is 1. The van der Waals surface area contributed by atoms with E-state index in [4.69, 9.17) is 16.9 Å². The number of Topliss-reactive ketones (excluding diaryl/α,β-unsaturated/α-hetero) is 1. The largest absolute Gasteiger partial charge is 0.382 e. The van der Waals surface area contributed by atoms with E-state index < -0.39 is 5.54 Å². The second kappa shape index (κ2) is 4.12. The zero-order chi connectivity index (χ0) is 8.91. The van der Waals surface area contributed by atoms with Crippen LogP contribution in [0.15, 0.2) is 0 Å². The van der Waals surface area contributed by atoms with Gasteiger partial charge in [0.25, 0.3) is 0 Å². The molecule has 0 spiro atoms. The highest BCUT2D eigenvalue weighted by atomic mass is 16.5. The van der Waals surface area contributed by atoms with Crippen LogP contribution in [0.3, 0.4) is 0 Å². The Labute approximate surface area is 66.9 Å². The van der Waals surface area contributed by atoms with Crippen LogP contribution in [-0.4, -0.2) is 25.0 Å². The summed E-state index contributed by atoms with van der Waals surface area (Å²) in [5, 5.41) is 0. The van der Waals surface area contributed by atoms with E-state index >= 15 is 0 Å². The summed E-state index contributed by atoms with van der Waals surface area (Å²) in [7, 11) is 1.49. The van der Waals surface area contributed by atoms with E-state index in [-0.39, 0.29) is 18.8 Å². The molecule has 0 aliphatic carbocycles. The Morgan fingerprint density at radius 1 is 1.82 bits per heavy atom. The topological polar surface area (TPSA) is 52.3 Å². The highest BCUT2D eigenvalue weighted by molar-refractivity contribution is 5.89.